The SMILES string of the molecule is CC(CCc1ccccc1F)C(=O)N1CCCC(N2CCNCC2=O)C1. The number of rotatable bonds is 5. The second-order valence-corrected chi connectivity index (χ2v) is 7.38. The standard InChI is InChI=1S/C20H28FN3O2/c1-15(8-9-16-5-2-3-7-18(16)21)20(26)23-11-4-6-17(14-23)24-12-10-22-13-19(24)25/h2-3,5,7,15,17,22H,4,6,8-14H2,1H3. The van der Waals surface area contributed by atoms with Crippen molar-refractivity contribution in [2.75, 3.05) is 32.7 Å². The lowest BCUT2D eigenvalue weighted by Crippen LogP contribution is -2.58. The molecule has 0 saturated carbocycles. The number of amides is 2. The third-order valence-electron chi connectivity index (χ3n) is 5.50. The highest BCUT2D eigenvalue weighted by Gasteiger charge is 2.32. The maximum Gasteiger partial charge on any atom is 0.236 e. The molecule has 1 aromatic rings. The van der Waals surface area contributed by atoms with Crippen LogP contribution >= 0.6 is 0 Å². The van der Waals surface area contributed by atoms with Crippen molar-refractivity contribution in [1.29, 1.82) is 0 Å². The number of hydrogen-bond acceptors (Lipinski definition) is 3. The Morgan fingerprint density at radius 3 is 2.92 bits per heavy atom. The molecule has 2 fully saturated rings. The van der Waals surface area contributed by atoms with E-state index in [9.17, 15) is 14.0 Å². The molecule has 142 valence electrons. The molecule has 0 aliphatic carbocycles. The molecule has 0 radical (unpaired) electrons. The summed E-state index contributed by atoms with van der Waals surface area (Å²) < 4.78 is 13.8. The van der Waals surface area contributed by atoms with Gasteiger partial charge in [0.2, 0.25) is 11.8 Å². The van der Waals surface area contributed by atoms with Gasteiger partial charge in [-0.2, -0.15) is 0 Å². The fourth-order valence-electron chi connectivity index (χ4n) is 3.92. The molecule has 2 atom stereocenters. The van der Waals surface area contributed by atoms with Crippen molar-refractivity contribution >= 4 is 11.8 Å². The Kier molecular flexibility index (Phi) is 6.25. The van der Waals surface area contributed by atoms with E-state index >= 15 is 0 Å². The fourth-order valence-corrected chi connectivity index (χ4v) is 3.92. The molecule has 3 rings (SSSR count). The van der Waals surface area contributed by atoms with E-state index in [0.29, 0.717) is 38.0 Å². The number of aryl methyl sites for hydroxylation is 1. The molecule has 26 heavy (non-hydrogen) atoms. The van der Waals surface area contributed by atoms with E-state index < -0.39 is 0 Å². The summed E-state index contributed by atoms with van der Waals surface area (Å²) >= 11 is 0. The largest absolute Gasteiger partial charge is 0.340 e. The maximum absolute atomic E-state index is 13.8. The van der Waals surface area contributed by atoms with Gasteiger partial charge in [-0.05, 0) is 37.3 Å². The summed E-state index contributed by atoms with van der Waals surface area (Å²) in [5.41, 5.74) is 0.662. The van der Waals surface area contributed by atoms with Gasteiger partial charge in [0.05, 0.1) is 6.54 Å². The molecular weight excluding hydrogens is 333 g/mol. The lowest BCUT2D eigenvalue weighted by Gasteiger charge is -2.41. The van der Waals surface area contributed by atoms with Crippen molar-refractivity contribution in [3.63, 3.8) is 0 Å². The first-order valence-electron chi connectivity index (χ1n) is 9.58. The molecule has 2 unspecified atom stereocenters. The van der Waals surface area contributed by atoms with E-state index in [-0.39, 0.29) is 29.6 Å². The second kappa shape index (κ2) is 8.62. The van der Waals surface area contributed by atoms with E-state index in [1.807, 2.05) is 22.8 Å². The smallest absolute Gasteiger partial charge is 0.236 e. The van der Waals surface area contributed by atoms with Gasteiger partial charge in [-0.1, -0.05) is 25.1 Å². The van der Waals surface area contributed by atoms with Crippen LogP contribution in [0.4, 0.5) is 4.39 Å². The van der Waals surface area contributed by atoms with Crippen molar-refractivity contribution < 1.29 is 14.0 Å². The number of halogens is 1. The summed E-state index contributed by atoms with van der Waals surface area (Å²) in [5.74, 6) is -0.105. The summed E-state index contributed by atoms with van der Waals surface area (Å²) in [7, 11) is 0. The minimum atomic E-state index is -0.206. The first-order valence-corrected chi connectivity index (χ1v) is 9.58. The first-order chi connectivity index (χ1) is 12.6. The average Bonchev–Trinajstić information content (AvgIpc) is 2.67. The molecule has 2 saturated heterocycles. The van der Waals surface area contributed by atoms with Crippen LogP contribution in [0.25, 0.3) is 0 Å². The number of benzene rings is 1. The van der Waals surface area contributed by atoms with Gasteiger partial charge in [0.25, 0.3) is 0 Å². The third kappa shape index (κ3) is 4.41. The minimum Gasteiger partial charge on any atom is -0.340 e. The molecule has 2 aliphatic rings. The van der Waals surface area contributed by atoms with Crippen LogP contribution in [0.5, 0.6) is 0 Å². The molecule has 0 aromatic heterocycles. The zero-order valence-electron chi connectivity index (χ0n) is 15.4. The summed E-state index contributed by atoms with van der Waals surface area (Å²) in [5, 5.41) is 3.09. The van der Waals surface area contributed by atoms with Gasteiger partial charge < -0.3 is 15.1 Å². The van der Waals surface area contributed by atoms with Crippen LogP contribution in [0.2, 0.25) is 0 Å². The highest BCUT2D eigenvalue weighted by Crippen LogP contribution is 2.21. The van der Waals surface area contributed by atoms with Gasteiger partial charge in [0.15, 0.2) is 0 Å². The number of piperidine rings is 1. The Morgan fingerprint density at radius 1 is 1.35 bits per heavy atom. The number of hydrogen-bond donors (Lipinski definition) is 1. The predicted molar refractivity (Wildman–Crippen MR) is 98.1 cm³/mol. The zero-order valence-corrected chi connectivity index (χ0v) is 15.4. The Morgan fingerprint density at radius 2 is 2.15 bits per heavy atom. The molecular formula is C20H28FN3O2. The van der Waals surface area contributed by atoms with Crippen molar-refractivity contribution in [3.05, 3.63) is 35.6 Å². The van der Waals surface area contributed by atoms with Crippen LogP contribution in [-0.4, -0.2) is 60.4 Å². The van der Waals surface area contributed by atoms with Crippen LogP contribution in [0.15, 0.2) is 24.3 Å². The van der Waals surface area contributed by atoms with Crippen LogP contribution in [-0.2, 0) is 16.0 Å². The molecule has 6 heteroatoms. The monoisotopic (exact) mass is 361 g/mol. The van der Waals surface area contributed by atoms with E-state index in [2.05, 4.69) is 5.32 Å². The zero-order chi connectivity index (χ0) is 18.5. The van der Waals surface area contributed by atoms with Crippen molar-refractivity contribution in [3.8, 4) is 0 Å². The van der Waals surface area contributed by atoms with Gasteiger partial charge in [-0.3, -0.25) is 9.59 Å². The maximum atomic E-state index is 13.8. The Labute approximate surface area is 154 Å². The summed E-state index contributed by atoms with van der Waals surface area (Å²) in [4.78, 5) is 28.8. The van der Waals surface area contributed by atoms with Crippen LogP contribution in [0.1, 0.15) is 31.7 Å². The molecule has 1 N–H and O–H groups in total. The predicted octanol–water partition coefficient (Wildman–Crippen LogP) is 1.82. The number of carbonyl (C=O) groups is 2. The molecule has 5 nitrogen and oxygen atoms in total. The lowest BCUT2D eigenvalue weighted by molar-refractivity contribution is -0.142. The minimum absolute atomic E-state index is 0.119. The van der Waals surface area contributed by atoms with Crippen molar-refractivity contribution in [2.45, 2.75) is 38.6 Å². The quantitative estimate of drug-likeness (QED) is 0.870. The van der Waals surface area contributed by atoms with Crippen molar-refractivity contribution in [1.82, 2.24) is 15.1 Å². The first kappa shape index (κ1) is 18.8. The number of carbonyl (C=O) groups excluding carboxylic acids is 2. The number of nitrogens with zero attached hydrogens (tertiary/aromatic N) is 2. The number of likely N-dealkylation sites (tertiary alicyclic amines) is 1. The van der Waals surface area contributed by atoms with Gasteiger partial charge >= 0.3 is 0 Å². The van der Waals surface area contributed by atoms with E-state index in [0.717, 1.165) is 25.9 Å². The van der Waals surface area contributed by atoms with Gasteiger partial charge in [0.1, 0.15) is 5.82 Å². The number of nitrogens with one attached hydrogen (secondary N) is 1. The normalized spacial score (nSPS) is 22.4. The average molecular weight is 361 g/mol. The van der Waals surface area contributed by atoms with Crippen LogP contribution in [0, 0.1) is 11.7 Å². The molecule has 2 aliphatic heterocycles. The Bertz CT molecular complexity index is 652. The van der Waals surface area contributed by atoms with Crippen LogP contribution < -0.4 is 5.32 Å². The van der Waals surface area contributed by atoms with E-state index in [1.165, 1.54) is 6.07 Å². The van der Waals surface area contributed by atoms with E-state index in [4.69, 9.17) is 0 Å². The molecule has 2 amide bonds. The Balaban J connectivity index is 1.54. The fraction of sp³-hybridized carbons (Fsp3) is 0.600. The second-order valence-electron chi connectivity index (χ2n) is 7.38. The molecule has 2 heterocycles. The van der Waals surface area contributed by atoms with E-state index in [1.54, 1.807) is 12.1 Å². The molecule has 0 spiro atoms. The highest BCUT2D eigenvalue weighted by molar-refractivity contribution is 5.80. The summed E-state index contributed by atoms with van der Waals surface area (Å²) in [6, 6.07) is 6.87. The van der Waals surface area contributed by atoms with Gasteiger partial charge in [-0.15, -0.1) is 0 Å². The van der Waals surface area contributed by atoms with Crippen molar-refractivity contribution in [2.24, 2.45) is 5.92 Å². The Hall–Kier alpha value is -1.95. The molecule has 0 bridgehead atoms. The third-order valence-corrected chi connectivity index (χ3v) is 5.50. The summed E-state index contributed by atoms with van der Waals surface area (Å²) in [6.07, 6.45) is 3.08. The summed E-state index contributed by atoms with van der Waals surface area (Å²) in [6.45, 7) is 5.21. The lowest BCUT2D eigenvalue weighted by atomic mass is 9.97. The molecule has 1 aromatic carbocycles. The van der Waals surface area contributed by atoms with Gasteiger partial charge in [-0.25, -0.2) is 4.39 Å². The topological polar surface area (TPSA) is 52.7 Å². The highest BCUT2D eigenvalue weighted by atomic mass is 19.1. The van der Waals surface area contributed by atoms with Crippen LogP contribution in [0.3, 0.4) is 0 Å². The number of piperazine rings is 1. The van der Waals surface area contributed by atoms with Gasteiger partial charge in [0, 0.05) is 38.1 Å².